The summed E-state index contributed by atoms with van der Waals surface area (Å²) in [5, 5.41) is 6.43. The van der Waals surface area contributed by atoms with Crippen LogP contribution in [0.1, 0.15) is 25.8 Å². The maximum atomic E-state index is 11.5. The van der Waals surface area contributed by atoms with E-state index in [4.69, 9.17) is 9.47 Å². The van der Waals surface area contributed by atoms with Crippen LogP contribution in [-0.2, 0) is 9.59 Å². The predicted octanol–water partition coefficient (Wildman–Crippen LogP) is 1.07. The quantitative estimate of drug-likeness (QED) is 0.448. The monoisotopic (exact) mass is 307 g/mol. The van der Waals surface area contributed by atoms with Crippen LogP contribution in [0.25, 0.3) is 0 Å². The number of benzene rings is 1. The Balaban J connectivity index is 2.55. The van der Waals surface area contributed by atoms with Crippen LogP contribution in [0.4, 0.5) is 0 Å². The molecule has 22 heavy (non-hydrogen) atoms. The highest BCUT2D eigenvalue weighted by Gasteiger charge is 2.09. The summed E-state index contributed by atoms with van der Waals surface area (Å²) >= 11 is 0. The van der Waals surface area contributed by atoms with Crippen molar-refractivity contribution in [3.63, 3.8) is 0 Å². The lowest BCUT2D eigenvalue weighted by Gasteiger charge is -2.08. The molecular formula is C15H21N3O4. The predicted molar refractivity (Wildman–Crippen MR) is 83.2 cm³/mol. The molecule has 0 heterocycles. The molecule has 1 aromatic rings. The van der Waals surface area contributed by atoms with E-state index in [1.807, 2.05) is 13.8 Å². The van der Waals surface area contributed by atoms with Gasteiger partial charge in [0, 0.05) is 6.04 Å². The third-order valence-electron chi connectivity index (χ3n) is 2.58. The van der Waals surface area contributed by atoms with Crippen LogP contribution >= 0.6 is 0 Å². The van der Waals surface area contributed by atoms with Crippen molar-refractivity contribution in [2.45, 2.75) is 26.3 Å². The van der Waals surface area contributed by atoms with Gasteiger partial charge >= 0.3 is 0 Å². The molecule has 0 unspecified atom stereocenters. The number of hydrazone groups is 1. The summed E-state index contributed by atoms with van der Waals surface area (Å²) < 4.78 is 10.3. The van der Waals surface area contributed by atoms with E-state index in [1.165, 1.54) is 13.3 Å². The van der Waals surface area contributed by atoms with Gasteiger partial charge in [0.15, 0.2) is 11.5 Å². The minimum Gasteiger partial charge on any atom is -0.493 e. The number of methoxy groups -OCH3 is 2. The van der Waals surface area contributed by atoms with Gasteiger partial charge in [-0.2, -0.15) is 5.10 Å². The number of ether oxygens (including phenoxy) is 2. The summed E-state index contributed by atoms with van der Waals surface area (Å²) in [5.41, 5.74) is 3.03. The Morgan fingerprint density at radius 3 is 2.45 bits per heavy atom. The standard InChI is InChI=1S/C15H21N3O4/c1-10(2)17-14(19)8-15(20)18-16-9-11-5-6-12(21-3)13(7-11)22-4/h5-7,9-10H,8H2,1-4H3,(H,17,19)(H,18,20)/b16-9-. The first-order valence-electron chi connectivity index (χ1n) is 6.79. The second-order valence-corrected chi connectivity index (χ2v) is 4.81. The van der Waals surface area contributed by atoms with Crippen LogP contribution in [0, 0.1) is 0 Å². The van der Waals surface area contributed by atoms with Crippen molar-refractivity contribution >= 4 is 18.0 Å². The number of carbonyl (C=O) groups is 2. The van der Waals surface area contributed by atoms with E-state index in [2.05, 4.69) is 15.8 Å². The third-order valence-corrected chi connectivity index (χ3v) is 2.58. The molecule has 7 nitrogen and oxygen atoms in total. The fourth-order valence-corrected chi connectivity index (χ4v) is 1.67. The van der Waals surface area contributed by atoms with E-state index in [9.17, 15) is 9.59 Å². The number of nitrogens with zero attached hydrogens (tertiary/aromatic N) is 1. The smallest absolute Gasteiger partial charge is 0.249 e. The molecule has 1 rings (SSSR count). The molecule has 0 aliphatic carbocycles. The highest BCUT2D eigenvalue weighted by molar-refractivity contribution is 5.97. The molecule has 0 spiro atoms. The number of hydrogen-bond donors (Lipinski definition) is 2. The van der Waals surface area contributed by atoms with E-state index in [0.29, 0.717) is 11.5 Å². The number of rotatable bonds is 7. The molecule has 0 bridgehead atoms. The Labute approximate surface area is 129 Å². The summed E-state index contributed by atoms with van der Waals surface area (Å²) in [6.07, 6.45) is 1.20. The van der Waals surface area contributed by atoms with Crippen molar-refractivity contribution in [3.05, 3.63) is 23.8 Å². The highest BCUT2D eigenvalue weighted by atomic mass is 16.5. The van der Waals surface area contributed by atoms with Gasteiger partial charge in [-0.1, -0.05) is 0 Å². The van der Waals surface area contributed by atoms with Crippen LogP contribution in [0.15, 0.2) is 23.3 Å². The number of hydrogen-bond acceptors (Lipinski definition) is 5. The van der Waals surface area contributed by atoms with Crippen molar-refractivity contribution in [2.24, 2.45) is 5.10 Å². The summed E-state index contributed by atoms with van der Waals surface area (Å²) in [6.45, 7) is 3.65. The molecule has 2 N–H and O–H groups in total. The normalized spacial score (nSPS) is 10.6. The zero-order chi connectivity index (χ0) is 16.5. The molecule has 0 aromatic heterocycles. The summed E-state index contributed by atoms with van der Waals surface area (Å²) in [7, 11) is 3.09. The van der Waals surface area contributed by atoms with Gasteiger partial charge < -0.3 is 14.8 Å². The van der Waals surface area contributed by atoms with Gasteiger partial charge in [0.25, 0.3) is 0 Å². The molecule has 0 aliphatic rings. The van der Waals surface area contributed by atoms with E-state index < -0.39 is 5.91 Å². The molecule has 120 valence electrons. The maximum Gasteiger partial charge on any atom is 0.249 e. The largest absolute Gasteiger partial charge is 0.493 e. The maximum absolute atomic E-state index is 11.5. The number of amides is 2. The first-order chi connectivity index (χ1) is 10.5. The average molecular weight is 307 g/mol. The molecule has 7 heteroatoms. The summed E-state index contributed by atoms with van der Waals surface area (Å²) in [6, 6.07) is 5.22. The van der Waals surface area contributed by atoms with Gasteiger partial charge in [0.2, 0.25) is 11.8 Å². The van der Waals surface area contributed by atoms with E-state index >= 15 is 0 Å². The molecule has 0 radical (unpaired) electrons. The summed E-state index contributed by atoms with van der Waals surface area (Å²) in [5.74, 6) is 0.354. The lowest BCUT2D eigenvalue weighted by molar-refractivity contribution is -0.129. The Bertz CT molecular complexity index is 556. The van der Waals surface area contributed by atoms with Gasteiger partial charge in [0.05, 0.1) is 20.4 Å². The topological polar surface area (TPSA) is 89.0 Å². The molecule has 0 saturated heterocycles. The number of nitrogens with one attached hydrogen (secondary N) is 2. The van der Waals surface area contributed by atoms with Crippen LogP contribution < -0.4 is 20.2 Å². The first kappa shape index (κ1) is 17.5. The molecule has 2 amide bonds. The zero-order valence-electron chi connectivity index (χ0n) is 13.2. The minimum absolute atomic E-state index is 0.00411. The molecule has 0 fully saturated rings. The second-order valence-electron chi connectivity index (χ2n) is 4.81. The van der Waals surface area contributed by atoms with Crippen LogP contribution in [0.2, 0.25) is 0 Å². The second kappa shape index (κ2) is 8.66. The molecule has 0 aliphatic heterocycles. The van der Waals surface area contributed by atoms with Crippen molar-refractivity contribution in [1.29, 1.82) is 0 Å². The molecule has 0 atom stereocenters. The van der Waals surface area contributed by atoms with Gasteiger partial charge in [-0.05, 0) is 37.6 Å². The first-order valence-corrected chi connectivity index (χ1v) is 6.79. The zero-order valence-corrected chi connectivity index (χ0v) is 13.2. The fraction of sp³-hybridized carbons (Fsp3) is 0.400. The molecule has 1 aromatic carbocycles. The van der Waals surface area contributed by atoms with Gasteiger partial charge in [0.1, 0.15) is 6.42 Å². The van der Waals surface area contributed by atoms with E-state index in [-0.39, 0.29) is 18.4 Å². The lowest BCUT2D eigenvalue weighted by atomic mass is 10.2. The Hall–Kier alpha value is -2.57. The van der Waals surface area contributed by atoms with E-state index in [1.54, 1.807) is 25.3 Å². The Morgan fingerprint density at radius 2 is 1.86 bits per heavy atom. The molecule has 0 saturated carbocycles. The van der Waals surface area contributed by atoms with Crippen molar-refractivity contribution in [2.75, 3.05) is 14.2 Å². The van der Waals surface area contributed by atoms with Gasteiger partial charge in [-0.25, -0.2) is 5.43 Å². The average Bonchev–Trinajstić information content (AvgIpc) is 2.45. The van der Waals surface area contributed by atoms with Crippen molar-refractivity contribution < 1.29 is 19.1 Å². The Morgan fingerprint density at radius 1 is 1.18 bits per heavy atom. The van der Waals surface area contributed by atoms with E-state index in [0.717, 1.165) is 5.56 Å². The van der Waals surface area contributed by atoms with Crippen molar-refractivity contribution in [3.8, 4) is 11.5 Å². The fourth-order valence-electron chi connectivity index (χ4n) is 1.67. The van der Waals surface area contributed by atoms with Gasteiger partial charge in [-0.15, -0.1) is 0 Å². The van der Waals surface area contributed by atoms with Crippen LogP contribution in [0.5, 0.6) is 11.5 Å². The molecular weight excluding hydrogens is 286 g/mol. The van der Waals surface area contributed by atoms with Crippen LogP contribution in [-0.4, -0.2) is 38.3 Å². The minimum atomic E-state index is -0.477. The highest BCUT2D eigenvalue weighted by Crippen LogP contribution is 2.26. The van der Waals surface area contributed by atoms with Crippen LogP contribution in [0.3, 0.4) is 0 Å². The van der Waals surface area contributed by atoms with Crippen molar-refractivity contribution in [1.82, 2.24) is 10.7 Å². The summed E-state index contributed by atoms with van der Waals surface area (Å²) in [4.78, 5) is 22.9. The SMILES string of the molecule is COc1ccc(/C=N\NC(=O)CC(=O)NC(C)C)cc1OC. The van der Waals surface area contributed by atoms with Gasteiger partial charge in [-0.3, -0.25) is 9.59 Å². The number of carbonyl (C=O) groups excluding carboxylic acids is 2. The lowest BCUT2D eigenvalue weighted by Crippen LogP contribution is -2.34. The Kier molecular flexibility index (Phi) is 6.88. The third kappa shape index (κ3) is 5.82.